The highest BCUT2D eigenvalue weighted by atomic mass is 16.3. The molecule has 0 aliphatic heterocycles. The summed E-state index contributed by atoms with van der Waals surface area (Å²) in [6.07, 6.45) is -0.514. The Balaban J connectivity index is 1.57. The zero-order valence-electron chi connectivity index (χ0n) is 15.6. The van der Waals surface area contributed by atoms with Crippen LogP contribution in [0.5, 0.6) is 0 Å². The van der Waals surface area contributed by atoms with Crippen molar-refractivity contribution in [3.63, 3.8) is 0 Å². The number of nitrogens with one attached hydrogen (secondary N) is 2. The number of nitrogens with zero attached hydrogens (tertiary/aromatic N) is 2. The van der Waals surface area contributed by atoms with E-state index in [2.05, 4.69) is 15.6 Å². The number of aliphatic hydroxyl groups excluding tert-OH is 1. The van der Waals surface area contributed by atoms with Gasteiger partial charge in [0.15, 0.2) is 0 Å². The quantitative estimate of drug-likeness (QED) is 0.482. The van der Waals surface area contributed by atoms with Crippen LogP contribution in [0, 0.1) is 0 Å². The number of anilines is 2. The van der Waals surface area contributed by atoms with Gasteiger partial charge in [0.1, 0.15) is 6.54 Å². The molecule has 0 aliphatic carbocycles. The van der Waals surface area contributed by atoms with E-state index >= 15 is 0 Å². The number of amides is 1. The van der Waals surface area contributed by atoms with Gasteiger partial charge in [-0.1, -0.05) is 42.5 Å². The van der Waals surface area contributed by atoms with E-state index < -0.39 is 6.10 Å². The first kappa shape index (κ1) is 18.0. The van der Waals surface area contributed by atoms with Gasteiger partial charge in [0.05, 0.1) is 17.1 Å². The number of imidazole rings is 1. The van der Waals surface area contributed by atoms with Crippen molar-refractivity contribution in [2.24, 2.45) is 0 Å². The van der Waals surface area contributed by atoms with E-state index in [0.717, 1.165) is 27.5 Å². The number of hydrogen-bond donors (Lipinski definition) is 3. The number of hydrogen-bond acceptors (Lipinski definition) is 4. The molecule has 6 nitrogen and oxygen atoms in total. The zero-order chi connectivity index (χ0) is 19.5. The van der Waals surface area contributed by atoms with Gasteiger partial charge in [-0.05, 0) is 42.0 Å². The van der Waals surface area contributed by atoms with Crippen molar-refractivity contribution < 1.29 is 9.90 Å². The number of carbonyl (C=O) groups excluding carboxylic acids is 1. The van der Waals surface area contributed by atoms with Gasteiger partial charge in [-0.3, -0.25) is 4.79 Å². The van der Waals surface area contributed by atoms with Crippen LogP contribution >= 0.6 is 0 Å². The Labute approximate surface area is 162 Å². The Hall–Kier alpha value is -3.38. The summed E-state index contributed by atoms with van der Waals surface area (Å²) in [5.74, 6) is 0.425. The molecule has 4 aromatic rings. The summed E-state index contributed by atoms with van der Waals surface area (Å²) in [6, 6.07) is 21.6. The first-order valence-corrected chi connectivity index (χ1v) is 9.26. The average Bonchev–Trinajstić information content (AvgIpc) is 3.04. The predicted octanol–water partition coefficient (Wildman–Crippen LogP) is 3.62. The number of fused-ring (bicyclic) bond motifs is 2. The minimum Gasteiger partial charge on any atom is -0.392 e. The fraction of sp³-hybridized carbons (Fsp3) is 0.182. The summed E-state index contributed by atoms with van der Waals surface area (Å²) in [4.78, 5) is 17.3. The number of aromatic nitrogens is 2. The molecular weight excluding hydrogens is 352 g/mol. The van der Waals surface area contributed by atoms with E-state index in [1.165, 1.54) is 0 Å². The van der Waals surface area contributed by atoms with E-state index in [1.54, 1.807) is 6.92 Å². The van der Waals surface area contributed by atoms with E-state index in [0.29, 0.717) is 12.5 Å². The first-order chi connectivity index (χ1) is 13.6. The number of aliphatic hydroxyl groups is 1. The zero-order valence-corrected chi connectivity index (χ0v) is 15.6. The Morgan fingerprint density at radius 2 is 1.82 bits per heavy atom. The van der Waals surface area contributed by atoms with Gasteiger partial charge < -0.3 is 20.3 Å². The number of rotatable bonds is 6. The Morgan fingerprint density at radius 1 is 1.07 bits per heavy atom. The summed E-state index contributed by atoms with van der Waals surface area (Å²) in [7, 11) is 0. The van der Waals surface area contributed by atoms with Crippen molar-refractivity contribution in [2.75, 3.05) is 17.2 Å². The largest absolute Gasteiger partial charge is 0.392 e. The van der Waals surface area contributed by atoms with Gasteiger partial charge in [-0.15, -0.1) is 0 Å². The summed E-state index contributed by atoms with van der Waals surface area (Å²) in [5.41, 5.74) is 2.42. The lowest BCUT2D eigenvalue weighted by atomic mass is 10.1. The minimum absolute atomic E-state index is 0.121. The highest BCUT2D eigenvalue weighted by molar-refractivity contribution is 5.95. The molecule has 0 saturated heterocycles. The van der Waals surface area contributed by atoms with Gasteiger partial charge in [-0.25, -0.2) is 4.98 Å². The van der Waals surface area contributed by atoms with Crippen LogP contribution in [0.25, 0.3) is 21.8 Å². The van der Waals surface area contributed by atoms with Crippen LogP contribution in [-0.4, -0.2) is 33.2 Å². The molecule has 1 heterocycles. The molecule has 1 amide bonds. The third-order valence-electron chi connectivity index (χ3n) is 4.55. The van der Waals surface area contributed by atoms with Crippen LogP contribution in [0.3, 0.4) is 0 Å². The molecule has 0 radical (unpaired) electrons. The normalized spacial score (nSPS) is 12.2. The average molecular weight is 374 g/mol. The van der Waals surface area contributed by atoms with E-state index in [-0.39, 0.29) is 12.5 Å². The molecule has 0 spiro atoms. The molecule has 0 saturated carbocycles. The lowest BCUT2D eigenvalue weighted by molar-refractivity contribution is -0.116. The Kier molecular flexibility index (Phi) is 4.95. The molecule has 0 bridgehead atoms. The summed E-state index contributed by atoms with van der Waals surface area (Å²) in [6.45, 7) is 2.18. The van der Waals surface area contributed by atoms with Crippen LogP contribution in [0.1, 0.15) is 6.92 Å². The van der Waals surface area contributed by atoms with Crippen molar-refractivity contribution in [1.82, 2.24) is 9.55 Å². The topological polar surface area (TPSA) is 79.2 Å². The van der Waals surface area contributed by atoms with Gasteiger partial charge in [0, 0.05) is 12.2 Å². The van der Waals surface area contributed by atoms with Gasteiger partial charge in [0.25, 0.3) is 0 Å². The molecule has 142 valence electrons. The minimum atomic E-state index is -0.514. The van der Waals surface area contributed by atoms with Crippen LogP contribution in [0.15, 0.2) is 66.7 Å². The van der Waals surface area contributed by atoms with E-state index in [4.69, 9.17) is 0 Å². The Bertz CT molecular complexity index is 1130. The highest BCUT2D eigenvalue weighted by Gasteiger charge is 2.14. The number of para-hydroxylation sites is 2. The second kappa shape index (κ2) is 7.70. The number of benzene rings is 3. The van der Waals surface area contributed by atoms with Crippen LogP contribution < -0.4 is 10.6 Å². The fourth-order valence-corrected chi connectivity index (χ4v) is 3.22. The molecule has 3 aromatic carbocycles. The lowest BCUT2D eigenvalue weighted by Crippen LogP contribution is -2.22. The lowest BCUT2D eigenvalue weighted by Gasteiger charge is -2.12. The maximum Gasteiger partial charge on any atom is 0.244 e. The SMILES string of the molecule is CC(O)CNc1nc2ccccc2n1CC(=O)Nc1ccc2ccccc2c1. The van der Waals surface area contributed by atoms with Gasteiger partial charge in [-0.2, -0.15) is 0 Å². The molecular formula is C22H22N4O2. The fourth-order valence-electron chi connectivity index (χ4n) is 3.22. The van der Waals surface area contributed by atoms with Crippen molar-refractivity contribution in [3.05, 3.63) is 66.7 Å². The molecule has 4 rings (SSSR count). The monoisotopic (exact) mass is 374 g/mol. The van der Waals surface area contributed by atoms with Crippen LogP contribution in [0.2, 0.25) is 0 Å². The van der Waals surface area contributed by atoms with Gasteiger partial charge in [0.2, 0.25) is 11.9 Å². The van der Waals surface area contributed by atoms with Crippen molar-refractivity contribution in [1.29, 1.82) is 0 Å². The molecule has 28 heavy (non-hydrogen) atoms. The first-order valence-electron chi connectivity index (χ1n) is 9.26. The second-order valence-corrected chi connectivity index (χ2v) is 6.85. The number of carbonyl (C=O) groups is 1. The Morgan fingerprint density at radius 3 is 2.64 bits per heavy atom. The third kappa shape index (κ3) is 3.82. The molecule has 1 atom stereocenters. The summed E-state index contributed by atoms with van der Waals surface area (Å²) < 4.78 is 1.83. The molecule has 1 aromatic heterocycles. The van der Waals surface area contributed by atoms with E-state index in [1.807, 2.05) is 71.3 Å². The third-order valence-corrected chi connectivity index (χ3v) is 4.55. The summed E-state index contributed by atoms with van der Waals surface area (Å²) in [5, 5.41) is 17.9. The van der Waals surface area contributed by atoms with Crippen molar-refractivity contribution >= 4 is 39.3 Å². The summed E-state index contributed by atoms with van der Waals surface area (Å²) >= 11 is 0. The highest BCUT2D eigenvalue weighted by Crippen LogP contribution is 2.21. The van der Waals surface area contributed by atoms with Crippen LogP contribution in [0.4, 0.5) is 11.6 Å². The predicted molar refractivity (Wildman–Crippen MR) is 112 cm³/mol. The smallest absolute Gasteiger partial charge is 0.244 e. The maximum absolute atomic E-state index is 12.7. The molecule has 6 heteroatoms. The molecule has 3 N–H and O–H groups in total. The van der Waals surface area contributed by atoms with Crippen molar-refractivity contribution in [3.8, 4) is 0 Å². The standard InChI is InChI=1S/C22H22N4O2/c1-15(27)13-23-22-25-19-8-4-5-9-20(19)26(22)14-21(28)24-18-11-10-16-6-2-3-7-17(16)12-18/h2-12,15,27H,13-14H2,1H3,(H,23,25)(H,24,28). The molecule has 1 unspecified atom stereocenters. The molecule has 0 fully saturated rings. The second-order valence-electron chi connectivity index (χ2n) is 6.85. The van der Waals surface area contributed by atoms with Crippen LogP contribution in [-0.2, 0) is 11.3 Å². The van der Waals surface area contributed by atoms with Gasteiger partial charge >= 0.3 is 0 Å². The molecule has 0 aliphatic rings. The van der Waals surface area contributed by atoms with E-state index in [9.17, 15) is 9.90 Å². The van der Waals surface area contributed by atoms with Crippen molar-refractivity contribution in [2.45, 2.75) is 19.6 Å². The maximum atomic E-state index is 12.7.